The molecule has 8 nitrogen and oxygen atoms in total. The number of aromatic nitrogens is 1. The average molecular weight is 472 g/mol. The first-order valence-corrected chi connectivity index (χ1v) is 11.2. The van der Waals surface area contributed by atoms with Gasteiger partial charge in [-0.25, -0.2) is 0 Å². The number of rotatable bonds is 7. The van der Waals surface area contributed by atoms with Crippen molar-refractivity contribution in [3.8, 4) is 16.7 Å². The van der Waals surface area contributed by atoms with Crippen LogP contribution < -0.4 is 5.73 Å². The predicted octanol–water partition coefficient (Wildman–Crippen LogP) is 3.37. The number of nitrogens with zero attached hydrogens (tertiary/aromatic N) is 4. The van der Waals surface area contributed by atoms with Crippen LogP contribution in [0.25, 0.3) is 10.6 Å². The Morgan fingerprint density at radius 1 is 1.34 bits per heavy atom. The van der Waals surface area contributed by atoms with Crippen LogP contribution in [-0.2, 0) is 22.6 Å². The van der Waals surface area contributed by atoms with Crippen molar-refractivity contribution in [2.45, 2.75) is 19.1 Å². The van der Waals surface area contributed by atoms with Crippen LogP contribution in [0.4, 0.5) is 5.69 Å². The van der Waals surface area contributed by atoms with Gasteiger partial charge < -0.3 is 19.9 Å². The second kappa shape index (κ2) is 9.71. The molecule has 0 unspecified atom stereocenters. The Balaban J connectivity index is 1.44. The lowest BCUT2D eigenvalue weighted by Gasteiger charge is -2.40. The Morgan fingerprint density at radius 2 is 2.19 bits per heavy atom. The Kier molecular flexibility index (Phi) is 6.77. The van der Waals surface area contributed by atoms with Crippen LogP contribution in [0, 0.1) is 11.3 Å². The highest BCUT2D eigenvalue weighted by atomic mass is 35.5. The molecule has 10 heteroatoms. The van der Waals surface area contributed by atoms with Gasteiger partial charge in [-0.3, -0.25) is 9.69 Å². The number of hydrogen-bond acceptors (Lipinski definition) is 8. The van der Waals surface area contributed by atoms with Gasteiger partial charge in [-0.15, -0.1) is 11.3 Å². The minimum atomic E-state index is -0.124. The SMILES string of the molecule is COC[C@H]1CN(Cc2cc(-c3ccc(Cl)s3)on2)CC(=O)N1Cc1ccc(C#N)c(N)c1. The van der Waals surface area contributed by atoms with E-state index in [1.807, 2.05) is 34.1 Å². The number of carbonyl (C=O) groups is 1. The van der Waals surface area contributed by atoms with Gasteiger partial charge >= 0.3 is 0 Å². The molecule has 2 aromatic heterocycles. The van der Waals surface area contributed by atoms with E-state index in [-0.39, 0.29) is 18.5 Å². The van der Waals surface area contributed by atoms with Gasteiger partial charge in [0.25, 0.3) is 0 Å². The zero-order chi connectivity index (χ0) is 22.7. The molecule has 1 saturated heterocycles. The summed E-state index contributed by atoms with van der Waals surface area (Å²) in [5.74, 6) is 0.656. The van der Waals surface area contributed by atoms with Crippen molar-refractivity contribution in [2.75, 3.05) is 32.5 Å². The summed E-state index contributed by atoms with van der Waals surface area (Å²) < 4.78 is 11.5. The highest BCUT2D eigenvalue weighted by Gasteiger charge is 2.33. The highest BCUT2D eigenvalue weighted by molar-refractivity contribution is 7.19. The van der Waals surface area contributed by atoms with Gasteiger partial charge in [-0.05, 0) is 29.8 Å². The predicted molar refractivity (Wildman–Crippen MR) is 122 cm³/mol. The van der Waals surface area contributed by atoms with E-state index in [1.54, 1.807) is 19.2 Å². The summed E-state index contributed by atoms with van der Waals surface area (Å²) in [4.78, 5) is 17.8. The zero-order valence-electron chi connectivity index (χ0n) is 17.5. The van der Waals surface area contributed by atoms with Gasteiger partial charge in [0.15, 0.2) is 5.76 Å². The topological polar surface area (TPSA) is 109 Å². The van der Waals surface area contributed by atoms with E-state index in [2.05, 4.69) is 11.2 Å². The maximum atomic E-state index is 13.0. The van der Waals surface area contributed by atoms with Gasteiger partial charge in [-0.1, -0.05) is 22.8 Å². The summed E-state index contributed by atoms with van der Waals surface area (Å²) in [5, 5.41) is 13.2. The molecule has 3 aromatic rings. The van der Waals surface area contributed by atoms with Crippen molar-refractivity contribution in [1.82, 2.24) is 15.0 Å². The van der Waals surface area contributed by atoms with Gasteiger partial charge in [-0.2, -0.15) is 5.26 Å². The first-order valence-electron chi connectivity index (χ1n) is 9.97. The standard InChI is InChI=1S/C22H22ClN5O3S/c1-30-13-17-11-27(10-16-7-19(31-26-16)20-4-5-21(23)32-20)12-22(29)28(17)9-14-2-3-15(8-24)18(25)6-14/h2-7,17H,9-13,25H2,1H3/t17-/m1/s1. The van der Waals surface area contributed by atoms with Gasteiger partial charge in [0, 0.05) is 38.5 Å². The minimum absolute atomic E-state index is 0.00464. The molecule has 0 aliphatic carbocycles. The summed E-state index contributed by atoms with van der Waals surface area (Å²) in [6.07, 6.45) is 0. The van der Waals surface area contributed by atoms with Crippen molar-refractivity contribution in [3.05, 3.63) is 57.6 Å². The Bertz CT molecular complexity index is 1150. The Labute approximate surface area is 194 Å². The molecule has 166 valence electrons. The van der Waals surface area contributed by atoms with Crippen LogP contribution in [0.5, 0.6) is 0 Å². The third-order valence-electron chi connectivity index (χ3n) is 5.30. The van der Waals surface area contributed by atoms with E-state index in [1.165, 1.54) is 11.3 Å². The molecule has 1 aromatic carbocycles. The second-order valence-corrected chi connectivity index (χ2v) is 9.34. The summed E-state index contributed by atoms with van der Waals surface area (Å²) in [6, 6.07) is 12.8. The number of thiophene rings is 1. The zero-order valence-corrected chi connectivity index (χ0v) is 19.0. The average Bonchev–Trinajstić information content (AvgIpc) is 3.40. The van der Waals surface area contributed by atoms with Crippen molar-refractivity contribution < 1.29 is 14.1 Å². The third kappa shape index (κ3) is 4.95. The number of nitrogens with two attached hydrogens (primary N) is 1. The number of amides is 1. The number of nitrogen functional groups attached to an aromatic ring is 1. The number of methoxy groups -OCH3 is 1. The van der Waals surface area contributed by atoms with Crippen molar-refractivity contribution in [1.29, 1.82) is 5.26 Å². The van der Waals surface area contributed by atoms with Crippen LogP contribution >= 0.6 is 22.9 Å². The fourth-order valence-electron chi connectivity index (χ4n) is 3.81. The summed E-state index contributed by atoms with van der Waals surface area (Å²) in [7, 11) is 1.62. The molecule has 32 heavy (non-hydrogen) atoms. The van der Waals surface area contributed by atoms with E-state index in [0.29, 0.717) is 47.6 Å². The number of piperazine rings is 1. The van der Waals surface area contributed by atoms with Crippen molar-refractivity contribution in [2.24, 2.45) is 0 Å². The quantitative estimate of drug-likeness (QED) is 0.526. The van der Waals surface area contributed by atoms with Gasteiger partial charge in [0.2, 0.25) is 5.91 Å². The van der Waals surface area contributed by atoms with Crippen LogP contribution in [0.2, 0.25) is 4.34 Å². The fourth-order valence-corrected chi connectivity index (χ4v) is 4.80. The van der Waals surface area contributed by atoms with E-state index in [0.717, 1.165) is 16.1 Å². The number of carbonyl (C=O) groups excluding carboxylic acids is 1. The molecule has 4 rings (SSSR count). The number of benzene rings is 1. The second-order valence-electron chi connectivity index (χ2n) is 7.62. The lowest BCUT2D eigenvalue weighted by Crippen LogP contribution is -2.57. The molecule has 1 amide bonds. The van der Waals surface area contributed by atoms with Crippen LogP contribution in [0.3, 0.4) is 0 Å². The highest BCUT2D eigenvalue weighted by Crippen LogP contribution is 2.31. The molecule has 0 spiro atoms. The van der Waals surface area contributed by atoms with E-state index >= 15 is 0 Å². The summed E-state index contributed by atoms with van der Waals surface area (Å²) in [5.41, 5.74) is 8.40. The largest absolute Gasteiger partial charge is 0.398 e. The molecule has 2 N–H and O–H groups in total. The van der Waals surface area contributed by atoms with E-state index in [4.69, 9.17) is 31.9 Å². The van der Waals surface area contributed by atoms with Gasteiger partial charge in [0.05, 0.1) is 39.7 Å². The van der Waals surface area contributed by atoms with Crippen LogP contribution in [0.1, 0.15) is 16.8 Å². The lowest BCUT2D eigenvalue weighted by atomic mass is 10.1. The number of anilines is 1. The third-order valence-corrected chi connectivity index (χ3v) is 6.54. The monoisotopic (exact) mass is 471 g/mol. The molecule has 1 aliphatic rings. The van der Waals surface area contributed by atoms with E-state index in [9.17, 15) is 4.79 Å². The molecule has 1 atom stereocenters. The molecular weight excluding hydrogens is 450 g/mol. The van der Waals surface area contributed by atoms with Gasteiger partial charge in [0.1, 0.15) is 6.07 Å². The van der Waals surface area contributed by atoms with Crippen molar-refractivity contribution >= 4 is 34.5 Å². The van der Waals surface area contributed by atoms with Crippen molar-refractivity contribution in [3.63, 3.8) is 0 Å². The molecule has 1 fully saturated rings. The molecular formula is C22H22ClN5O3S. The maximum absolute atomic E-state index is 13.0. The Morgan fingerprint density at radius 3 is 2.88 bits per heavy atom. The molecule has 3 heterocycles. The first kappa shape index (κ1) is 22.3. The molecule has 0 saturated carbocycles. The normalized spacial score (nSPS) is 17.0. The summed E-state index contributed by atoms with van der Waals surface area (Å²) in [6.45, 7) is 2.21. The first-order chi connectivity index (χ1) is 15.5. The molecule has 0 bridgehead atoms. The van der Waals surface area contributed by atoms with E-state index < -0.39 is 0 Å². The molecule has 1 aliphatic heterocycles. The van der Waals surface area contributed by atoms with Crippen LogP contribution in [-0.4, -0.2) is 53.7 Å². The molecule has 0 radical (unpaired) electrons. The minimum Gasteiger partial charge on any atom is -0.398 e. The number of nitriles is 1. The fraction of sp³-hybridized carbons (Fsp3) is 0.318. The Hall–Kier alpha value is -2.90. The smallest absolute Gasteiger partial charge is 0.237 e. The number of hydrogen-bond donors (Lipinski definition) is 1. The van der Waals surface area contributed by atoms with Crippen LogP contribution in [0.15, 0.2) is 40.9 Å². The summed E-state index contributed by atoms with van der Waals surface area (Å²) >= 11 is 7.43. The lowest BCUT2D eigenvalue weighted by molar-refractivity contribution is -0.142. The number of halogens is 1. The number of ether oxygens (including phenoxy) is 1. The maximum Gasteiger partial charge on any atom is 0.237 e.